The summed E-state index contributed by atoms with van der Waals surface area (Å²) in [5.41, 5.74) is -1.73. The van der Waals surface area contributed by atoms with Gasteiger partial charge in [0.1, 0.15) is 0 Å². The molecule has 40 heavy (non-hydrogen) atoms. The van der Waals surface area contributed by atoms with Crippen LogP contribution in [0.1, 0.15) is 80.3 Å². The van der Waals surface area contributed by atoms with Crippen molar-refractivity contribution in [3.05, 3.63) is 48.2 Å². The fourth-order valence-electron chi connectivity index (χ4n) is 4.16. The van der Waals surface area contributed by atoms with Gasteiger partial charge in [-0.25, -0.2) is 0 Å². The molecule has 2 aliphatic rings. The smallest absolute Gasteiger partial charge is 0.311 e. The molecule has 220 valence electrons. The normalized spacial score (nSPS) is 25.8. The number of carbonyl (C=O) groups is 4. The lowest BCUT2D eigenvalue weighted by atomic mass is 9.92. The van der Waals surface area contributed by atoms with E-state index in [1.54, 1.807) is 68.5 Å². The van der Waals surface area contributed by atoms with Gasteiger partial charge in [-0.2, -0.15) is 0 Å². The first-order valence-corrected chi connectivity index (χ1v) is 13.7. The third-order valence-corrected chi connectivity index (χ3v) is 6.65. The first-order valence-electron chi connectivity index (χ1n) is 13.7. The van der Waals surface area contributed by atoms with Crippen molar-refractivity contribution >= 4 is 23.7 Å². The van der Waals surface area contributed by atoms with E-state index in [2.05, 4.69) is 0 Å². The SMILES string of the molecule is CC(C)(C)C(=O)O[C@@H]1[C@@H](OC(=O)C(C)(C)C)[C@H](N2C=CC(=O)C[C@@H]2c2ccccc2)OC[C@@H]1OC(=O)C(C)(C)C. The number of ether oxygens (including phenoxy) is 4. The van der Waals surface area contributed by atoms with Crippen LogP contribution in [0.5, 0.6) is 0 Å². The zero-order valence-electron chi connectivity index (χ0n) is 25.1. The summed E-state index contributed by atoms with van der Waals surface area (Å²) in [6.45, 7) is 15.3. The molecular formula is C31H43NO8. The molecule has 9 heteroatoms. The van der Waals surface area contributed by atoms with Gasteiger partial charge < -0.3 is 23.8 Å². The Kier molecular flexibility index (Phi) is 9.19. The van der Waals surface area contributed by atoms with Crippen molar-refractivity contribution in [3.63, 3.8) is 0 Å². The van der Waals surface area contributed by atoms with Gasteiger partial charge >= 0.3 is 17.9 Å². The lowest BCUT2D eigenvalue weighted by molar-refractivity contribution is -0.256. The number of nitrogens with zero attached hydrogens (tertiary/aromatic N) is 1. The first-order chi connectivity index (χ1) is 18.4. The van der Waals surface area contributed by atoms with Crippen LogP contribution >= 0.6 is 0 Å². The average molecular weight is 558 g/mol. The van der Waals surface area contributed by atoms with Gasteiger partial charge in [-0.15, -0.1) is 0 Å². The summed E-state index contributed by atoms with van der Waals surface area (Å²) in [6.07, 6.45) is -1.06. The third-order valence-electron chi connectivity index (χ3n) is 6.65. The van der Waals surface area contributed by atoms with Gasteiger partial charge in [0.25, 0.3) is 0 Å². The summed E-state index contributed by atoms with van der Waals surface area (Å²) in [6, 6.07) is 9.04. The molecule has 0 N–H and O–H groups in total. The number of rotatable bonds is 5. The number of allylic oxidation sites excluding steroid dienone is 1. The molecule has 9 nitrogen and oxygen atoms in total. The van der Waals surface area contributed by atoms with E-state index in [0.717, 1.165) is 5.56 Å². The average Bonchev–Trinajstić information content (AvgIpc) is 2.84. The molecule has 1 aromatic carbocycles. The molecule has 2 heterocycles. The minimum absolute atomic E-state index is 0.0585. The van der Waals surface area contributed by atoms with E-state index < -0.39 is 64.7 Å². The standard InChI is InChI=1S/C31H43NO8/c1-29(2,3)26(34)38-22-18-37-25(32-16-15-20(33)17-21(32)19-13-11-10-12-14-19)24(40-28(36)31(7,8)9)23(22)39-27(35)30(4,5)6/h10-16,21-25H,17-18H2,1-9H3/t21-,22+,23+,24-,25-/m1/s1. The lowest BCUT2D eigenvalue weighted by Crippen LogP contribution is -2.63. The van der Waals surface area contributed by atoms with Crippen LogP contribution < -0.4 is 0 Å². The zero-order valence-corrected chi connectivity index (χ0v) is 25.1. The highest BCUT2D eigenvalue weighted by molar-refractivity contribution is 5.91. The van der Waals surface area contributed by atoms with Crippen LogP contribution in [-0.2, 0) is 38.1 Å². The maximum Gasteiger partial charge on any atom is 0.311 e. The predicted molar refractivity (Wildman–Crippen MR) is 148 cm³/mol. The van der Waals surface area contributed by atoms with Gasteiger partial charge in [-0.3, -0.25) is 19.2 Å². The zero-order chi connectivity index (χ0) is 30.0. The number of hydrogen-bond donors (Lipinski definition) is 0. The molecule has 0 bridgehead atoms. The largest absolute Gasteiger partial charge is 0.455 e. The summed E-state index contributed by atoms with van der Waals surface area (Å²) in [5, 5.41) is 0. The van der Waals surface area contributed by atoms with Crippen LogP contribution in [-0.4, -0.2) is 59.7 Å². The third kappa shape index (κ3) is 7.50. The molecule has 1 aromatic rings. The van der Waals surface area contributed by atoms with Crippen LogP contribution in [0, 0.1) is 16.2 Å². The van der Waals surface area contributed by atoms with E-state index in [1.165, 1.54) is 6.08 Å². The second kappa shape index (κ2) is 11.7. The summed E-state index contributed by atoms with van der Waals surface area (Å²) >= 11 is 0. The summed E-state index contributed by atoms with van der Waals surface area (Å²) in [7, 11) is 0. The topological polar surface area (TPSA) is 108 Å². The van der Waals surface area contributed by atoms with E-state index >= 15 is 0 Å². The van der Waals surface area contributed by atoms with Crippen molar-refractivity contribution in [3.8, 4) is 0 Å². The second-order valence-corrected chi connectivity index (χ2v) is 13.5. The highest BCUT2D eigenvalue weighted by Gasteiger charge is 2.52. The Morgan fingerprint density at radius 3 is 1.80 bits per heavy atom. The minimum Gasteiger partial charge on any atom is -0.455 e. The maximum atomic E-state index is 13.3. The Morgan fingerprint density at radius 2 is 1.27 bits per heavy atom. The van der Waals surface area contributed by atoms with Crippen molar-refractivity contribution in [2.45, 2.75) is 99.3 Å². The van der Waals surface area contributed by atoms with Gasteiger partial charge in [0.15, 0.2) is 30.3 Å². The predicted octanol–water partition coefficient (Wildman–Crippen LogP) is 4.75. The Labute approximate surface area is 237 Å². The highest BCUT2D eigenvalue weighted by Crippen LogP contribution is 2.37. The number of ketones is 1. The Balaban J connectivity index is 2.10. The first kappa shape index (κ1) is 31.3. The number of benzene rings is 1. The second-order valence-electron chi connectivity index (χ2n) is 13.5. The van der Waals surface area contributed by atoms with E-state index in [1.807, 2.05) is 35.2 Å². The number of carbonyl (C=O) groups excluding carboxylic acids is 4. The van der Waals surface area contributed by atoms with Crippen LogP contribution in [0.25, 0.3) is 0 Å². The minimum atomic E-state index is -1.17. The molecule has 2 aliphatic heterocycles. The lowest BCUT2D eigenvalue weighted by Gasteiger charge is -2.48. The molecule has 0 amide bonds. The Hall–Kier alpha value is -3.20. The van der Waals surface area contributed by atoms with Crippen molar-refractivity contribution in [1.82, 2.24) is 4.90 Å². The van der Waals surface area contributed by atoms with Crippen LogP contribution in [0.3, 0.4) is 0 Å². The Bertz CT molecular complexity index is 1120. The summed E-state index contributed by atoms with van der Waals surface area (Å²) in [5.74, 6) is -1.66. The quantitative estimate of drug-likeness (QED) is 0.374. The molecular weight excluding hydrogens is 514 g/mol. The monoisotopic (exact) mass is 557 g/mol. The van der Waals surface area contributed by atoms with E-state index in [-0.39, 0.29) is 18.8 Å². The molecule has 3 rings (SSSR count). The van der Waals surface area contributed by atoms with Crippen molar-refractivity contribution < 1.29 is 38.1 Å². The van der Waals surface area contributed by atoms with Gasteiger partial charge in [-0.1, -0.05) is 30.3 Å². The van der Waals surface area contributed by atoms with E-state index in [4.69, 9.17) is 18.9 Å². The molecule has 1 fully saturated rings. The molecule has 0 radical (unpaired) electrons. The van der Waals surface area contributed by atoms with Gasteiger partial charge in [0, 0.05) is 12.6 Å². The molecule has 0 saturated carbocycles. The molecule has 1 saturated heterocycles. The molecule has 0 spiro atoms. The highest BCUT2D eigenvalue weighted by atomic mass is 16.6. The van der Waals surface area contributed by atoms with Crippen LogP contribution in [0.15, 0.2) is 42.6 Å². The summed E-state index contributed by atoms with van der Waals surface area (Å²) < 4.78 is 24.2. The molecule has 0 aromatic heterocycles. The van der Waals surface area contributed by atoms with E-state index in [9.17, 15) is 19.2 Å². The van der Waals surface area contributed by atoms with Crippen molar-refractivity contribution in [2.75, 3.05) is 6.61 Å². The number of hydrogen-bond acceptors (Lipinski definition) is 9. The molecule has 0 unspecified atom stereocenters. The molecule has 5 atom stereocenters. The van der Waals surface area contributed by atoms with E-state index in [0.29, 0.717) is 0 Å². The fraction of sp³-hybridized carbons (Fsp3) is 0.613. The number of esters is 3. The van der Waals surface area contributed by atoms with Gasteiger partial charge in [-0.05, 0) is 74.0 Å². The fourth-order valence-corrected chi connectivity index (χ4v) is 4.16. The van der Waals surface area contributed by atoms with Crippen molar-refractivity contribution in [2.24, 2.45) is 16.2 Å². The molecule has 0 aliphatic carbocycles. The van der Waals surface area contributed by atoms with Gasteiger partial charge in [0.2, 0.25) is 0 Å². The van der Waals surface area contributed by atoms with Crippen LogP contribution in [0.2, 0.25) is 0 Å². The van der Waals surface area contributed by atoms with Crippen LogP contribution in [0.4, 0.5) is 0 Å². The van der Waals surface area contributed by atoms with Crippen molar-refractivity contribution in [1.29, 1.82) is 0 Å². The Morgan fingerprint density at radius 1 is 0.775 bits per heavy atom. The maximum absolute atomic E-state index is 13.3. The summed E-state index contributed by atoms with van der Waals surface area (Å²) in [4.78, 5) is 53.7. The van der Waals surface area contributed by atoms with Gasteiger partial charge in [0.05, 0.1) is 28.9 Å².